The Bertz CT molecular complexity index is 565. The molecule has 1 rings (SSSR count). The molecule has 0 aromatic heterocycles. The van der Waals surface area contributed by atoms with Crippen molar-refractivity contribution in [2.75, 3.05) is 0 Å². The molecular weight excluding hydrogens is 396 g/mol. The van der Waals surface area contributed by atoms with Crippen LogP contribution in [-0.4, -0.2) is 24.7 Å². The predicted octanol–water partition coefficient (Wildman–Crippen LogP) is 6.89. The maximum atomic E-state index is 13.2. The van der Waals surface area contributed by atoms with Gasteiger partial charge in [-0.3, -0.25) is 0 Å². The number of allylic oxidation sites excluding steroid dienone is 4. The van der Waals surface area contributed by atoms with E-state index < -0.39 is 65.6 Å². The number of alkyl halides is 12. The molecule has 0 saturated heterocycles. The quantitative estimate of drug-likeness (QED) is 0.327. The first-order valence-corrected chi connectivity index (χ1v) is 6.84. The average Bonchev–Trinajstić information content (AvgIpc) is 2.29. The summed E-state index contributed by atoms with van der Waals surface area (Å²) < 4.78 is 155. The molecule has 0 fully saturated rings. The van der Waals surface area contributed by atoms with Crippen LogP contribution in [-0.2, 0) is 0 Å². The summed E-state index contributed by atoms with van der Waals surface area (Å²) in [6.07, 6.45) is -27.5. The highest BCUT2D eigenvalue weighted by Gasteiger charge is 2.71. The van der Waals surface area contributed by atoms with Crippen molar-refractivity contribution in [2.24, 2.45) is 10.8 Å². The smallest absolute Gasteiger partial charge is 0.170 e. The minimum atomic E-state index is -5.99. The molecule has 152 valence electrons. The molecular formula is C14H12F12. The molecule has 0 radical (unpaired) electrons. The molecule has 0 bridgehead atoms. The second-order valence-corrected chi connectivity index (χ2v) is 6.52. The third-order valence-corrected chi connectivity index (χ3v) is 3.97. The number of hydrogen-bond donors (Lipinski definition) is 0. The Morgan fingerprint density at radius 3 is 1.54 bits per heavy atom. The van der Waals surface area contributed by atoms with Crippen molar-refractivity contribution >= 4 is 0 Å². The molecule has 0 amide bonds. The lowest BCUT2D eigenvalue weighted by atomic mass is 9.63. The van der Waals surface area contributed by atoms with Gasteiger partial charge in [-0.2, -0.15) is 52.7 Å². The third kappa shape index (κ3) is 4.30. The number of halogens is 12. The van der Waals surface area contributed by atoms with Gasteiger partial charge in [0.2, 0.25) is 0 Å². The fourth-order valence-electron chi connectivity index (χ4n) is 3.16. The summed E-state index contributed by atoms with van der Waals surface area (Å²) in [4.78, 5) is 0. The summed E-state index contributed by atoms with van der Waals surface area (Å²) in [5.74, 6) is 0. The monoisotopic (exact) mass is 408 g/mol. The fraction of sp³-hybridized carbons (Fsp3) is 0.714. The van der Waals surface area contributed by atoms with Crippen LogP contribution in [0, 0.1) is 10.8 Å². The van der Waals surface area contributed by atoms with Crippen molar-refractivity contribution in [3.8, 4) is 0 Å². The van der Waals surface area contributed by atoms with E-state index in [4.69, 9.17) is 0 Å². The lowest BCUT2D eigenvalue weighted by molar-refractivity contribution is -0.330. The van der Waals surface area contributed by atoms with E-state index in [2.05, 4.69) is 0 Å². The van der Waals surface area contributed by atoms with Crippen LogP contribution in [0.3, 0.4) is 0 Å². The topological polar surface area (TPSA) is 0 Å². The Labute approximate surface area is 139 Å². The van der Waals surface area contributed by atoms with Gasteiger partial charge >= 0.3 is 24.7 Å². The van der Waals surface area contributed by atoms with Gasteiger partial charge in [0.1, 0.15) is 5.57 Å². The summed E-state index contributed by atoms with van der Waals surface area (Å²) >= 11 is 0. The second-order valence-electron chi connectivity index (χ2n) is 6.52. The van der Waals surface area contributed by atoms with Gasteiger partial charge in [-0.25, -0.2) is 0 Å². The van der Waals surface area contributed by atoms with Crippen molar-refractivity contribution in [3.05, 3.63) is 23.3 Å². The van der Waals surface area contributed by atoms with Crippen LogP contribution in [0.15, 0.2) is 23.3 Å². The van der Waals surface area contributed by atoms with Crippen LogP contribution in [0.25, 0.3) is 0 Å². The largest absolute Gasteiger partial charge is 0.421 e. The molecule has 1 aliphatic carbocycles. The Balaban J connectivity index is 3.66. The van der Waals surface area contributed by atoms with Crippen LogP contribution in [0.2, 0.25) is 0 Å². The first-order valence-electron chi connectivity index (χ1n) is 6.84. The lowest BCUT2D eigenvalue weighted by Gasteiger charge is -2.45. The zero-order chi connectivity index (χ0) is 21.0. The van der Waals surface area contributed by atoms with Gasteiger partial charge < -0.3 is 0 Å². The minimum Gasteiger partial charge on any atom is -0.170 e. The summed E-state index contributed by atoms with van der Waals surface area (Å²) in [6.45, 7) is 1.30. The van der Waals surface area contributed by atoms with Crippen LogP contribution >= 0.6 is 0 Å². The molecule has 0 aromatic rings. The van der Waals surface area contributed by atoms with Crippen LogP contribution in [0.4, 0.5) is 52.7 Å². The van der Waals surface area contributed by atoms with Crippen molar-refractivity contribution in [3.63, 3.8) is 0 Å². The third-order valence-electron chi connectivity index (χ3n) is 3.97. The second kappa shape index (κ2) is 6.08. The van der Waals surface area contributed by atoms with Crippen molar-refractivity contribution in [1.82, 2.24) is 0 Å². The SMILES string of the molecule is CC1=CC(C(F)(F)F)(C(F)(F)F)CC(C)(C=C(C(F)(F)F)C(F)(F)F)C1. The molecule has 0 N–H and O–H groups in total. The van der Waals surface area contributed by atoms with Crippen LogP contribution in [0.5, 0.6) is 0 Å². The Morgan fingerprint density at radius 2 is 1.23 bits per heavy atom. The first kappa shape index (κ1) is 22.7. The molecule has 1 unspecified atom stereocenters. The lowest BCUT2D eigenvalue weighted by Crippen LogP contribution is -2.53. The van der Waals surface area contributed by atoms with Gasteiger partial charge in [0.25, 0.3) is 0 Å². The Morgan fingerprint density at radius 1 is 0.846 bits per heavy atom. The molecule has 1 aliphatic rings. The highest BCUT2D eigenvalue weighted by atomic mass is 19.4. The van der Waals surface area contributed by atoms with E-state index in [-0.39, 0.29) is 6.08 Å². The maximum Gasteiger partial charge on any atom is 0.421 e. The van der Waals surface area contributed by atoms with Gasteiger partial charge in [-0.05, 0) is 25.2 Å². The highest BCUT2D eigenvalue weighted by molar-refractivity contribution is 5.28. The summed E-state index contributed by atoms with van der Waals surface area (Å²) in [5.41, 5.74) is -11.0. The number of rotatable bonds is 1. The zero-order valence-electron chi connectivity index (χ0n) is 13.1. The highest BCUT2D eigenvalue weighted by Crippen LogP contribution is 2.61. The molecule has 0 aromatic carbocycles. The zero-order valence-corrected chi connectivity index (χ0v) is 13.1. The van der Waals surface area contributed by atoms with E-state index in [9.17, 15) is 52.7 Å². The van der Waals surface area contributed by atoms with E-state index in [0.29, 0.717) is 6.92 Å². The van der Waals surface area contributed by atoms with E-state index in [1.807, 2.05) is 0 Å². The molecule has 26 heavy (non-hydrogen) atoms. The van der Waals surface area contributed by atoms with Gasteiger partial charge in [-0.15, -0.1) is 0 Å². The molecule has 0 heterocycles. The van der Waals surface area contributed by atoms with Gasteiger partial charge in [0.15, 0.2) is 5.41 Å². The Kier molecular flexibility index (Phi) is 5.30. The summed E-state index contributed by atoms with van der Waals surface area (Å²) in [6, 6.07) is 0. The molecule has 0 saturated carbocycles. The van der Waals surface area contributed by atoms with Gasteiger partial charge in [0, 0.05) is 0 Å². The van der Waals surface area contributed by atoms with Crippen LogP contribution in [0.1, 0.15) is 26.7 Å². The molecule has 12 heteroatoms. The molecule has 0 aliphatic heterocycles. The van der Waals surface area contributed by atoms with E-state index in [0.717, 1.165) is 6.92 Å². The fourth-order valence-corrected chi connectivity index (χ4v) is 3.16. The van der Waals surface area contributed by atoms with E-state index in [1.54, 1.807) is 0 Å². The van der Waals surface area contributed by atoms with Crippen molar-refractivity contribution in [2.45, 2.75) is 51.4 Å². The summed E-state index contributed by atoms with van der Waals surface area (Å²) in [7, 11) is 0. The normalized spacial score (nSPS) is 24.9. The predicted molar refractivity (Wildman–Crippen MR) is 65.8 cm³/mol. The maximum absolute atomic E-state index is 13.2. The van der Waals surface area contributed by atoms with Crippen LogP contribution < -0.4 is 0 Å². The summed E-state index contributed by atoms with van der Waals surface area (Å²) in [5, 5.41) is 0. The molecule has 0 nitrogen and oxygen atoms in total. The van der Waals surface area contributed by atoms with E-state index >= 15 is 0 Å². The molecule has 0 spiro atoms. The van der Waals surface area contributed by atoms with Gasteiger partial charge in [0.05, 0.1) is 0 Å². The first-order chi connectivity index (χ1) is 11.1. The number of hydrogen-bond acceptors (Lipinski definition) is 0. The van der Waals surface area contributed by atoms with E-state index in [1.165, 1.54) is 0 Å². The van der Waals surface area contributed by atoms with Crippen molar-refractivity contribution < 1.29 is 52.7 Å². The van der Waals surface area contributed by atoms with Crippen molar-refractivity contribution in [1.29, 1.82) is 0 Å². The minimum absolute atomic E-state index is 0.177. The van der Waals surface area contributed by atoms with Gasteiger partial charge in [-0.1, -0.05) is 24.6 Å². The Hall–Kier alpha value is -1.36. The average molecular weight is 408 g/mol. The molecule has 1 atom stereocenters. The standard InChI is InChI=1S/C14H12F12/c1-7-3-9(2,5-8(11(15,16)17)12(18,19)20)6-10(4-7,13(21,22)23)14(24,25)26/h4-5H,3,6H2,1-2H3.